The summed E-state index contributed by atoms with van der Waals surface area (Å²) in [6.07, 6.45) is 15.7. The van der Waals surface area contributed by atoms with Crippen LogP contribution in [0, 0.1) is 0 Å². The van der Waals surface area contributed by atoms with E-state index in [-0.39, 0.29) is 0 Å². The highest BCUT2D eigenvalue weighted by molar-refractivity contribution is 6.22. The number of rotatable bonds is 14. The van der Waals surface area contributed by atoms with Gasteiger partial charge in [0.1, 0.15) is 0 Å². The monoisotopic (exact) mass is 626 g/mol. The summed E-state index contributed by atoms with van der Waals surface area (Å²) < 4.78 is 0. The van der Waals surface area contributed by atoms with Crippen LogP contribution in [0.15, 0.2) is 121 Å². The molecule has 0 spiro atoms. The molecule has 7 rings (SSSR count). The molecule has 242 valence electrons. The number of fused-ring (bicyclic) bond motifs is 7. The van der Waals surface area contributed by atoms with Crippen LogP contribution < -0.4 is 0 Å². The molecule has 0 saturated carbocycles. The molecule has 0 atom stereocenters. The largest absolute Gasteiger partial charge is 0.0654 e. The van der Waals surface area contributed by atoms with Crippen molar-refractivity contribution >= 4 is 43.1 Å². The standard InChI is InChI=1S/C48H50/c1-3-5-7-9-11-13-35-15-19-37(20-16-35)39-23-27-43-41(33-39)25-29-47-45(43)31-32-46-44-28-24-40(34-42(44)26-30-48(46)47)38-21-17-36(18-22-38)14-12-10-8-6-4-2/h15-34H,3-14H2,1-2H3. The molecule has 0 amide bonds. The van der Waals surface area contributed by atoms with Gasteiger partial charge in [-0.3, -0.25) is 0 Å². The van der Waals surface area contributed by atoms with E-state index in [1.807, 2.05) is 0 Å². The minimum atomic E-state index is 1.19. The first kappa shape index (κ1) is 32.1. The lowest BCUT2D eigenvalue weighted by molar-refractivity contribution is 0.632. The fourth-order valence-electron chi connectivity index (χ4n) is 7.66. The van der Waals surface area contributed by atoms with Gasteiger partial charge in [-0.25, -0.2) is 0 Å². The maximum absolute atomic E-state index is 2.36. The lowest BCUT2D eigenvalue weighted by atomic mass is 9.92. The Bertz CT molecular complexity index is 1970. The summed E-state index contributed by atoms with van der Waals surface area (Å²) in [6, 6.07) is 46.5. The number of aryl methyl sites for hydroxylation is 2. The fourth-order valence-corrected chi connectivity index (χ4v) is 7.66. The molecule has 7 aromatic rings. The Morgan fingerprint density at radius 2 is 0.625 bits per heavy atom. The van der Waals surface area contributed by atoms with Crippen LogP contribution >= 0.6 is 0 Å². The van der Waals surface area contributed by atoms with Crippen LogP contribution in [-0.4, -0.2) is 0 Å². The quantitative estimate of drug-likeness (QED) is 0.0832. The molecule has 0 saturated heterocycles. The minimum Gasteiger partial charge on any atom is -0.0654 e. The van der Waals surface area contributed by atoms with Crippen LogP contribution in [0.1, 0.15) is 89.2 Å². The molecule has 0 heterocycles. The number of hydrogen-bond acceptors (Lipinski definition) is 0. The van der Waals surface area contributed by atoms with Crippen LogP contribution in [0.5, 0.6) is 0 Å². The van der Waals surface area contributed by atoms with E-state index in [1.165, 1.54) is 154 Å². The second-order valence-electron chi connectivity index (χ2n) is 14.0. The first-order valence-electron chi connectivity index (χ1n) is 18.7. The number of unbranched alkanes of at least 4 members (excludes halogenated alkanes) is 8. The first-order valence-corrected chi connectivity index (χ1v) is 18.7. The van der Waals surface area contributed by atoms with Crippen molar-refractivity contribution in [2.45, 2.75) is 90.9 Å². The van der Waals surface area contributed by atoms with Crippen LogP contribution in [0.2, 0.25) is 0 Å². The molecule has 0 aliphatic rings. The zero-order valence-electron chi connectivity index (χ0n) is 29.0. The van der Waals surface area contributed by atoms with E-state index >= 15 is 0 Å². The van der Waals surface area contributed by atoms with Crippen LogP contribution in [0.4, 0.5) is 0 Å². The number of hydrogen-bond donors (Lipinski definition) is 0. The molecule has 0 unspecified atom stereocenters. The van der Waals surface area contributed by atoms with Gasteiger partial charge in [0.15, 0.2) is 0 Å². The molecule has 0 aliphatic heterocycles. The third-order valence-electron chi connectivity index (χ3n) is 10.5. The van der Waals surface area contributed by atoms with E-state index in [1.54, 1.807) is 0 Å². The lowest BCUT2D eigenvalue weighted by Crippen LogP contribution is -1.88. The van der Waals surface area contributed by atoms with Crippen LogP contribution in [0.25, 0.3) is 65.3 Å². The molecule has 0 aromatic heterocycles. The summed E-state index contributed by atoms with van der Waals surface area (Å²) in [6.45, 7) is 4.56. The van der Waals surface area contributed by atoms with Gasteiger partial charge in [-0.15, -0.1) is 0 Å². The lowest BCUT2D eigenvalue weighted by Gasteiger charge is -2.12. The Kier molecular flexibility index (Phi) is 10.2. The third kappa shape index (κ3) is 7.05. The zero-order valence-corrected chi connectivity index (χ0v) is 29.0. The predicted molar refractivity (Wildman–Crippen MR) is 212 cm³/mol. The fraction of sp³-hybridized carbons (Fsp3) is 0.292. The molecule has 0 aliphatic carbocycles. The average Bonchev–Trinajstić information content (AvgIpc) is 3.14. The topological polar surface area (TPSA) is 0 Å². The van der Waals surface area contributed by atoms with E-state index < -0.39 is 0 Å². The molecular formula is C48H50. The highest BCUT2D eigenvalue weighted by atomic mass is 14.1. The first-order chi connectivity index (χ1) is 23.7. The van der Waals surface area contributed by atoms with Crippen molar-refractivity contribution in [3.63, 3.8) is 0 Å². The molecule has 48 heavy (non-hydrogen) atoms. The molecule has 0 nitrogen and oxygen atoms in total. The molecule has 0 N–H and O–H groups in total. The second-order valence-corrected chi connectivity index (χ2v) is 14.0. The van der Waals surface area contributed by atoms with E-state index in [0.717, 1.165) is 0 Å². The third-order valence-corrected chi connectivity index (χ3v) is 10.5. The van der Waals surface area contributed by atoms with E-state index in [2.05, 4.69) is 135 Å². The summed E-state index contributed by atoms with van der Waals surface area (Å²) >= 11 is 0. The van der Waals surface area contributed by atoms with Crippen molar-refractivity contribution in [3.05, 3.63) is 132 Å². The average molecular weight is 627 g/mol. The summed E-state index contributed by atoms with van der Waals surface area (Å²) in [7, 11) is 0. The second kappa shape index (κ2) is 15.2. The van der Waals surface area contributed by atoms with E-state index in [4.69, 9.17) is 0 Å². The summed E-state index contributed by atoms with van der Waals surface area (Å²) in [5.41, 5.74) is 8.08. The van der Waals surface area contributed by atoms with E-state index in [9.17, 15) is 0 Å². The van der Waals surface area contributed by atoms with Gasteiger partial charge in [-0.1, -0.05) is 174 Å². The molecular weight excluding hydrogens is 577 g/mol. The smallest absolute Gasteiger partial charge is 0.00987 e. The van der Waals surface area contributed by atoms with Crippen molar-refractivity contribution in [1.82, 2.24) is 0 Å². The van der Waals surface area contributed by atoms with Gasteiger partial charge in [-0.05, 0) is 114 Å². The summed E-state index contributed by atoms with van der Waals surface area (Å²) in [4.78, 5) is 0. The maximum atomic E-state index is 2.36. The Labute approximate surface area is 287 Å². The maximum Gasteiger partial charge on any atom is -0.00987 e. The van der Waals surface area contributed by atoms with Crippen molar-refractivity contribution in [2.24, 2.45) is 0 Å². The van der Waals surface area contributed by atoms with Gasteiger partial charge in [0.05, 0.1) is 0 Å². The predicted octanol–water partition coefficient (Wildman–Crippen LogP) is 14.7. The summed E-state index contributed by atoms with van der Waals surface area (Å²) in [5, 5.41) is 10.5. The van der Waals surface area contributed by atoms with Gasteiger partial charge >= 0.3 is 0 Å². The van der Waals surface area contributed by atoms with Crippen LogP contribution in [0.3, 0.4) is 0 Å². The molecule has 0 fully saturated rings. The van der Waals surface area contributed by atoms with Gasteiger partial charge in [-0.2, -0.15) is 0 Å². The minimum absolute atomic E-state index is 1.19. The molecule has 0 radical (unpaired) electrons. The van der Waals surface area contributed by atoms with Gasteiger partial charge in [0.2, 0.25) is 0 Å². The van der Waals surface area contributed by atoms with Gasteiger partial charge in [0, 0.05) is 0 Å². The zero-order chi connectivity index (χ0) is 32.7. The Morgan fingerprint density at radius 1 is 0.292 bits per heavy atom. The van der Waals surface area contributed by atoms with Gasteiger partial charge in [0.25, 0.3) is 0 Å². The van der Waals surface area contributed by atoms with Crippen molar-refractivity contribution in [2.75, 3.05) is 0 Å². The normalized spacial score (nSPS) is 11.7. The van der Waals surface area contributed by atoms with E-state index in [0.29, 0.717) is 0 Å². The van der Waals surface area contributed by atoms with Crippen molar-refractivity contribution < 1.29 is 0 Å². The molecule has 7 aromatic carbocycles. The van der Waals surface area contributed by atoms with Crippen LogP contribution in [-0.2, 0) is 12.8 Å². The highest BCUT2D eigenvalue weighted by Crippen LogP contribution is 2.37. The molecule has 0 bridgehead atoms. The Hall–Kier alpha value is -4.42. The Morgan fingerprint density at radius 3 is 1.04 bits per heavy atom. The van der Waals surface area contributed by atoms with Crippen molar-refractivity contribution in [3.8, 4) is 22.3 Å². The van der Waals surface area contributed by atoms with Gasteiger partial charge < -0.3 is 0 Å². The molecule has 0 heteroatoms. The van der Waals surface area contributed by atoms with Crippen molar-refractivity contribution in [1.29, 1.82) is 0 Å². The number of benzene rings is 7. The summed E-state index contributed by atoms with van der Waals surface area (Å²) in [5.74, 6) is 0. The highest BCUT2D eigenvalue weighted by Gasteiger charge is 2.10. The SMILES string of the molecule is CCCCCCCc1ccc(-c2ccc3c(ccc4c3ccc3c5ccc(-c6ccc(CCCCCCC)cc6)cc5ccc34)c2)cc1. The Balaban J connectivity index is 1.11.